The topological polar surface area (TPSA) is 70.7 Å². The van der Waals surface area contributed by atoms with Crippen molar-refractivity contribution >= 4 is 11.9 Å². The molecule has 1 fully saturated rings. The van der Waals surface area contributed by atoms with Crippen molar-refractivity contribution in [1.29, 1.82) is 0 Å². The van der Waals surface area contributed by atoms with Crippen LogP contribution in [0.3, 0.4) is 0 Å². The molecule has 0 spiro atoms. The highest BCUT2D eigenvalue weighted by atomic mass is 16.5. The van der Waals surface area contributed by atoms with Gasteiger partial charge in [-0.05, 0) is 19.9 Å². The molecule has 0 radical (unpaired) electrons. The van der Waals surface area contributed by atoms with E-state index in [1.807, 2.05) is 38.1 Å². The number of nitrogens with zero attached hydrogens (tertiary/aromatic N) is 1. The molecule has 0 aromatic heterocycles. The first-order chi connectivity index (χ1) is 10.5. The standard InChI is InChI=1S/C16H23N3O3/c1-11(2)19-10-13(8-15(19)20)18-16(21)17-9-12-6-4-5-7-14(12)22-3/h4-7,11,13H,8-10H2,1-3H3,(H2,17,18,21). The number of amides is 3. The predicted octanol–water partition coefficient (Wildman–Crippen LogP) is 1.50. The van der Waals surface area contributed by atoms with Crippen LogP contribution < -0.4 is 15.4 Å². The van der Waals surface area contributed by atoms with Crippen molar-refractivity contribution in [2.45, 2.75) is 38.9 Å². The zero-order chi connectivity index (χ0) is 16.1. The lowest BCUT2D eigenvalue weighted by Gasteiger charge is -2.21. The van der Waals surface area contributed by atoms with Crippen LogP contribution in [0.4, 0.5) is 4.79 Å². The van der Waals surface area contributed by atoms with Crippen molar-refractivity contribution in [3.05, 3.63) is 29.8 Å². The molecular formula is C16H23N3O3. The molecular weight excluding hydrogens is 282 g/mol. The number of likely N-dealkylation sites (tertiary alicyclic amines) is 1. The van der Waals surface area contributed by atoms with E-state index in [1.54, 1.807) is 12.0 Å². The molecule has 0 aliphatic carbocycles. The Balaban J connectivity index is 1.83. The highest BCUT2D eigenvalue weighted by Crippen LogP contribution is 2.17. The zero-order valence-corrected chi connectivity index (χ0v) is 13.3. The van der Waals surface area contributed by atoms with Gasteiger partial charge in [-0.1, -0.05) is 18.2 Å². The van der Waals surface area contributed by atoms with E-state index in [2.05, 4.69) is 10.6 Å². The number of carbonyl (C=O) groups excluding carboxylic acids is 2. The second-order valence-corrected chi connectivity index (χ2v) is 5.68. The molecule has 22 heavy (non-hydrogen) atoms. The Morgan fingerprint density at radius 3 is 2.77 bits per heavy atom. The van der Waals surface area contributed by atoms with E-state index in [1.165, 1.54) is 0 Å². The van der Waals surface area contributed by atoms with Crippen LogP contribution in [0.1, 0.15) is 25.8 Å². The third kappa shape index (κ3) is 3.90. The molecule has 1 aromatic carbocycles. The van der Waals surface area contributed by atoms with E-state index < -0.39 is 0 Å². The van der Waals surface area contributed by atoms with Crippen molar-refractivity contribution in [3.8, 4) is 5.75 Å². The lowest BCUT2D eigenvalue weighted by atomic mass is 10.2. The van der Waals surface area contributed by atoms with E-state index in [9.17, 15) is 9.59 Å². The first kappa shape index (κ1) is 16.1. The van der Waals surface area contributed by atoms with Crippen molar-refractivity contribution in [2.24, 2.45) is 0 Å². The van der Waals surface area contributed by atoms with E-state index in [0.29, 0.717) is 19.5 Å². The van der Waals surface area contributed by atoms with Gasteiger partial charge in [0.15, 0.2) is 0 Å². The van der Waals surface area contributed by atoms with Crippen LogP contribution in [-0.2, 0) is 11.3 Å². The number of para-hydroxylation sites is 1. The minimum Gasteiger partial charge on any atom is -0.496 e. The van der Waals surface area contributed by atoms with Gasteiger partial charge < -0.3 is 20.3 Å². The lowest BCUT2D eigenvalue weighted by Crippen LogP contribution is -2.43. The van der Waals surface area contributed by atoms with Gasteiger partial charge in [0.2, 0.25) is 5.91 Å². The molecule has 1 unspecified atom stereocenters. The van der Waals surface area contributed by atoms with Gasteiger partial charge in [-0.25, -0.2) is 4.79 Å². The molecule has 6 nitrogen and oxygen atoms in total. The number of hydrogen-bond donors (Lipinski definition) is 2. The number of methoxy groups -OCH3 is 1. The minimum atomic E-state index is -0.269. The number of carbonyl (C=O) groups is 2. The molecule has 1 saturated heterocycles. The largest absolute Gasteiger partial charge is 0.496 e. The summed E-state index contributed by atoms with van der Waals surface area (Å²) in [6, 6.07) is 7.29. The molecule has 2 N–H and O–H groups in total. The quantitative estimate of drug-likeness (QED) is 0.866. The number of rotatable bonds is 5. The van der Waals surface area contributed by atoms with Crippen LogP contribution in [0.25, 0.3) is 0 Å². The van der Waals surface area contributed by atoms with Crippen molar-refractivity contribution in [3.63, 3.8) is 0 Å². The maximum atomic E-state index is 12.0. The summed E-state index contributed by atoms with van der Waals surface area (Å²) in [5.74, 6) is 0.829. The van der Waals surface area contributed by atoms with E-state index in [-0.39, 0.29) is 24.0 Å². The number of ether oxygens (including phenoxy) is 1. The highest BCUT2D eigenvalue weighted by Gasteiger charge is 2.31. The summed E-state index contributed by atoms with van der Waals surface area (Å²) >= 11 is 0. The van der Waals surface area contributed by atoms with Gasteiger partial charge in [0.05, 0.1) is 13.2 Å². The number of nitrogens with one attached hydrogen (secondary N) is 2. The van der Waals surface area contributed by atoms with Crippen LogP contribution in [0.2, 0.25) is 0 Å². The summed E-state index contributed by atoms with van der Waals surface area (Å²) < 4.78 is 5.24. The fourth-order valence-electron chi connectivity index (χ4n) is 2.59. The molecule has 1 aliphatic heterocycles. The number of hydrogen-bond acceptors (Lipinski definition) is 3. The summed E-state index contributed by atoms with van der Waals surface area (Å²) in [7, 11) is 1.60. The fourth-order valence-corrected chi connectivity index (χ4v) is 2.59. The summed E-state index contributed by atoms with van der Waals surface area (Å²) in [4.78, 5) is 25.6. The smallest absolute Gasteiger partial charge is 0.315 e. The molecule has 120 valence electrons. The molecule has 1 aliphatic rings. The van der Waals surface area contributed by atoms with Crippen LogP contribution in [0.5, 0.6) is 5.75 Å². The Labute approximate surface area is 130 Å². The summed E-state index contributed by atoms with van der Waals surface area (Å²) in [6.07, 6.45) is 0.361. The van der Waals surface area contributed by atoms with Crippen molar-refractivity contribution in [2.75, 3.05) is 13.7 Å². The average Bonchev–Trinajstić information content (AvgIpc) is 2.86. The SMILES string of the molecule is COc1ccccc1CNC(=O)NC1CC(=O)N(C(C)C)C1. The van der Waals surface area contributed by atoms with Gasteiger partial charge in [-0.2, -0.15) is 0 Å². The molecule has 1 heterocycles. The Hall–Kier alpha value is -2.24. The number of urea groups is 1. The Kier molecular flexibility index (Phi) is 5.25. The molecule has 6 heteroatoms. The first-order valence-corrected chi connectivity index (χ1v) is 7.47. The Bertz CT molecular complexity index is 545. The van der Waals surface area contributed by atoms with Gasteiger partial charge in [-0.3, -0.25) is 4.79 Å². The van der Waals surface area contributed by atoms with Crippen LogP contribution in [-0.4, -0.2) is 42.6 Å². The summed E-state index contributed by atoms with van der Waals surface area (Å²) in [5.41, 5.74) is 0.909. The van der Waals surface area contributed by atoms with Gasteiger partial charge in [0.25, 0.3) is 0 Å². The monoisotopic (exact) mass is 305 g/mol. The third-order valence-corrected chi connectivity index (χ3v) is 3.75. The fraction of sp³-hybridized carbons (Fsp3) is 0.500. The molecule has 3 amide bonds. The van der Waals surface area contributed by atoms with E-state index in [4.69, 9.17) is 4.74 Å². The van der Waals surface area contributed by atoms with Gasteiger partial charge in [-0.15, -0.1) is 0 Å². The highest BCUT2D eigenvalue weighted by molar-refractivity contribution is 5.81. The summed E-state index contributed by atoms with van der Waals surface area (Å²) in [5, 5.41) is 5.65. The number of benzene rings is 1. The third-order valence-electron chi connectivity index (χ3n) is 3.75. The Morgan fingerprint density at radius 1 is 1.41 bits per heavy atom. The maximum absolute atomic E-state index is 12.0. The normalized spacial score (nSPS) is 17.7. The Morgan fingerprint density at radius 2 is 2.14 bits per heavy atom. The zero-order valence-electron chi connectivity index (χ0n) is 13.3. The van der Waals surface area contributed by atoms with Crippen LogP contribution in [0, 0.1) is 0 Å². The summed E-state index contributed by atoms with van der Waals surface area (Å²) in [6.45, 7) is 4.90. The minimum absolute atomic E-state index is 0.0880. The molecule has 0 bridgehead atoms. The van der Waals surface area contributed by atoms with Gasteiger partial charge >= 0.3 is 6.03 Å². The van der Waals surface area contributed by atoms with Crippen molar-refractivity contribution in [1.82, 2.24) is 15.5 Å². The molecule has 0 saturated carbocycles. The van der Waals surface area contributed by atoms with Gasteiger partial charge in [0.1, 0.15) is 5.75 Å². The second kappa shape index (κ2) is 7.15. The molecule has 1 aromatic rings. The first-order valence-electron chi connectivity index (χ1n) is 7.47. The van der Waals surface area contributed by atoms with Crippen molar-refractivity contribution < 1.29 is 14.3 Å². The van der Waals surface area contributed by atoms with Crippen LogP contribution >= 0.6 is 0 Å². The second-order valence-electron chi connectivity index (χ2n) is 5.68. The van der Waals surface area contributed by atoms with Crippen LogP contribution in [0.15, 0.2) is 24.3 Å². The lowest BCUT2D eigenvalue weighted by molar-refractivity contribution is -0.129. The predicted molar refractivity (Wildman–Crippen MR) is 83.6 cm³/mol. The maximum Gasteiger partial charge on any atom is 0.315 e. The average molecular weight is 305 g/mol. The van der Waals surface area contributed by atoms with E-state index in [0.717, 1.165) is 11.3 Å². The van der Waals surface area contributed by atoms with Gasteiger partial charge in [0, 0.05) is 31.1 Å². The molecule has 1 atom stereocenters. The van der Waals surface area contributed by atoms with E-state index >= 15 is 0 Å². The molecule has 2 rings (SSSR count).